The quantitative estimate of drug-likeness (QED) is 0.801. The SMILES string of the molecule is CCCn1cnnc1CNS(=O)(=O)C[C@]12CCC(CC1=O)C2(C)C. The average Bonchev–Trinajstić information content (AvgIpc) is 3.08. The molecule has 0 aliphatic heterocycles. The molecule has 2 bridgehead atoms. The van der Waals surface area contributed by atoms with Gasteiger partial charge >= 0.3 is 0 Å². The highest BCUT2D eigenvalue weighted by Crippen LogP contribution is 2.64. The van der Waals surface area contributed by atoms with Crippen LogP contribution in [-0.4, -0.2) is 34.7 Å². The highest BCUT2D eigenvalue weighted by atomic mass is 32.2. The Morgan fingerprint density at radius 1 is 1.42 bits per heavy atom. The van der Waals surface area contributed by atoms with E-state index in [0.717, 1.165) is 19.4 Å². The van der Waals surface area contributed by atoms with Crippen LogP contribution in [0.15, 0.2) is 6.33 Å². The largest absolute Gasteiger partial charge is 0.316 e. The summed E-state index contributed by atoms with van der Waals surface area (Å²) in [6.07, 6.45) is 4.67. The van der Waals surface area contributed by atoms with Gasteiger partial charge < -0.3 is 4.57 Å². The lowest BCUT2D eigenvalue weighted by molar-refractivity contribution is -0.128. The molecule has 2 aliphatic rings. The third-order valence-corrected chi connectivity index (χ3v) is 7.64. The van der Waals surface area contributed by atoms with Crippen LogP contribution < -0.4 is 4.72 Å². The standard InChI is InChI=1S/C16H26N4O3S/c1-4-7-20-11-17-19-14(20)9-18-24(22,23)10-16-6-5-12(8-13(16)21)15(16,2)3/h11-12,18H,4-10H2,1-3H3/t12?,16-/m1/s1. The molecule has 7 nitrogen and oxygen atoms in total. The highest BCUT2D eigenvalue weighted by molar-refractivity contribution is 7.89. The van der Waals surface area contributed by atoms with Crippen molar-refractivity contribution >= 4 is 15.8 Å². The van der Waals surface area contributed by atoms with E-state index < -0.39 is 15.4 Å². The fourth-order valence-electron chi connectivity index (χ4n) is 4.50. The summed E-state index contributed by atoms with van der Waals surface area (Å²) in [6.45, 7) is 6.99. The molecule has 0 spiro atoms. The van der Waals surface area contributed by atoms with Crippen LogP contribution in [0.25, 0.3) is 0 Å². The van der Waals surface area contributed by atoms with Gasteiger partial charge in [-0.25, -0.2) is 13.1 Å². The van der Waals surface area contributed by atoms with Crippen LogP contribution in [-0.2, 0) is 27.9 Å². The Hall–Kier alpha value is -1.28. The molecule has 0 saturated heterocycles. The van der Waals surface area contributed by atoms with E-state index in [1.807, 2.05) is 25.3 Å². The van der Waals surface area contributed by atoms with Gasteiger partial charge in [0.1, 0.15) is 17.9 Å². The third-order valence-electron chi connectivity index (χ3n) is 6.19. The minimum Gasteiger partial charge on any atom is -0.316 e. The number of carbonyl (C=O) groups excluding carboxylic acids is 1. The predicted molar refractivity (Wildman–Crippen MR) is 89.5 cm³/mol. The summed E-state index contributed by atoms with van der Waals surface area (Å²) in [5.41, 5.74) is -0.984. The maximum Gasteiger partial charge on any atom is 0.213 e. The molecule has 0 radical (unpaired) electrons. The second-order valence-corrected chi connectivity index (χ2v) is 9.49. The van der Waals surface area contributed by atoms with Crippen LogP contribution in [0.5, 0.6) is 0 Å². The van der Waals surface area contributed by atoms with Gasteiger partial charge in [0.05, 0.1) is 12.3 Å². The minimum atomic E-state index is -3.57. The summed E-state index contributed by atoms with van der Waals surface area (Å²) in [5.74, 6) is 0.903. The zero-order chi connectivity index (χ0) is 17.6. The van der Waals surface area contributed by atoms with Gasteiger partial charge in [-0.3, -0.25) is 4.79 Å². The number of fused-ring (bicyclic) bond motifs is 2. The van der Waals surface area contributed by atoms with E-state index >= 15 is 0 Å². The molecule has 2 saturated carbocycles. The maximum atomic E-state index is 12.6. The van der Waals surface area contributed by atoms with E-state index in [4.69, 9.17) is 0 Å². The Balaban J connectivity index is 1.73. The van der Waals surface area contributed by atoms with Gasteiger partial charge in [0.2, 0.25) is 10.0 Å². The lowest BCUT2D eigenvalue weighted by Gasteiger charge is -2.36. The van der Waals surface area contributed by atoms with Crippen LogP contribution >= 0.6 is 0 Å². The average molecular weight is 354 g/mol. The van der Waals surface area contributed by atoms with E-state index in [-0.39, 0.29) is 23.5 Å². The van der Waals surface area contributed by atoms with Crippen molar-refractivity contribution in [3.8, 4) is 0 Å². The van der Waals surface area contributed by atoms with Gasteiger partial charge in [-0.05, 0) is 30.6 Å². The Bertz CT molecular complexity index is 740. The predicted octanol–water partition coefficient (Wildman–Crippen LogP) is 1.50. The monoisotopic (exact) mass is 354 g/mol. The van der Waals surface area contributed by atoms with Crippen LogP contribution in [0.2, 0.25) is 0 Å². The first-order chi connectivity index (χ1) is 11.2. The van der Waals surface area contributed by atoms with Gasteiger partial charge in [-0.2, -0.15) is 0 Å². The van der Waals surface area contributed by atoms with E-state index in [9.17, 15) is 13.2 Å². The van der Waals surface area contributed by atoms with Gasteiger partial charge in [0, 0.05) is 18.4 Å². The van der Waals surface area contributed by atoms with Crippen molar-refractivity contribution in [3.63, 3.8) is 0 Å². The molecule has 0 amide bonds. The molecule has 8 heteroatoms. The fourth-order valence-corrected chi connectivity index (χ4v) is 6.28. The van der Waals surface area contributed by atoms with Crippen molar-refractivity contribution in [2.75, 3.05) is 5.75 Å². The number of aryl methyl sites for hydroxylation is 1. The van der Waals surface area contributed by atoms with Crippen LogP contribution in [0.3, 0.4) is 0 Å². The first-order valence-corrected chi connectivity index (χ1v) is 10.2. The normalized spacial score (nSPS) is 28.6. The molecule has 2 fully saturated rings. The third kappa shape index (κ3) is 2.69. The zero-order valence-corrected chi connectivity index (χ0v) is 15.4. The molecule has 0 aromatic carbocycles. The number of rotatable bonds is 7. The topological polar surface area (TPSA) is 93.9 Å². The molecular formula is C16H26N4O3S. The number of hydrogen-bond donors (Lipinski definition) is 1. The smallest absolute Gasteiger partial charge is 0.213 e. The number of ketones is 1. The number of aromatic nitrogens is 3. The Morgan fingerprint density at radius 2 is 2.17 bits per heavy atom. The molecule has 3 rings (SSSR count). The number of Topliss-reactive ketones (excluding diaryl/α,β-unsaturated/α-hetero) is 1. The van der Waals surface area contributed by atoms with Crippen LogP contribution in [0, 0.1) is 16.7 Å². The van der Waals surface area contributed by atoms with Gasteiger partial charge in [0.25, 0.3) is 0 Å². The highest BCUT2D eigenvalue weighted by Gasteiger charge is 2.65. The van der Waals surface area contributed by atoms with Crippen molar-refractivity contribution in [3.05, 3.63) is 12.2 Å². The molecule has 1 heterocycles. The fraction of sp³-hybridized carbons (Fsp3) is 0.812. The molecule has 24 heavy (non-hydrogen) atoms. The molecule has 134 valence electrons. The number of nitrogens with one attached hydrogen (secondary N) is 1. The number of sulfonamides is 1. The summed E-state index contributed by atoms with van der Waals surface area (Å²) in [5, 5.41) is 7.82. The van der Waals surface area contributed by atoms with E-state index in [1.54, 1.807) is 6.33 Å². The first kappa shape index (κ1) is 17.5. The summed E-state index contributed by atoms with van der Waals surface area (Å²) in [4.78, 5) is 12.5. The number of carbonyl (C=O) groups is 1. The molecular weight excluding hydrogens is 328 g/mol. The minimum absolute atomic E-state index is 0.108. The second-order valence-electron chi connectivity index (χ2n) is 7.69. The summed E-state index contributed by atoms with van der Waals surface area (Å²) in [6, 6.07) is 0. The second kappa shape index (κ2) is 5.91. The molecule has 2 aliphatic carbocycles. The Kier molecular flexibility index (Phi) is 4.32. The molecule has 1 N–H and O–H groups in total. The maximum absolute atomic E-state index is 12.6. The van der Waals surface area contributed by atoms with Gasteiger partial charge in [0.15, 0.2) is 0 Å². The van der Waals surface area contributed by atoms with E-state index in [2.05, 4.69) is 14.9 Å². The Labute approximate surface area is 143 Å². The van der Waals surface area contributed by atoms with Crippen molar-refractivity contribution in [1.29, 1.82) is 0 Å². The van der Waals surface area contributed by atoms with E-state index in [1.165, 1.54) is 0 Å². The van der Waals surface area contributed by atoms with Gasteiger partial charge in [-0.1, -0.05) is 20.8 Å². The van der Waals surface area contributed by atoms with Crippen molar-refractivity contribution in [2.45, 2.75) is 59.5 Å². The van der Waals surface area contributed by atoms with Crippen molar-refractivity contribution in [2.24, 2.45) is 16.7 Å². The first-order valence-electron chi connectivity index (χ1n) is 8.59. The molecule has 1 unspecified atom stereocenters. The zero-order valence-electron chi connectivity index (χ0n) is 14.6. The van der Waals surface area contributed by atoms with Crippen LogP contribution in [0.1, 0.15) is 52.3 Å². The molecule has 1 aromatic rings. The van der Waals surface area contributed by atoms with Crippen molar-refractivity contribution < 1.29 is 13.2 Å². The summed E-state index contributed by atoms with van der Waals surface area (Å²) >= 11 is 0. The van der Waals surface area contributed by atoms with Crippen LogP contribution in [0.4, 0.5) is 0 Å². The number of nitrogens with zero attached hydrogens (tertiary/aromatic N) is 3. The van der Waals surface area contributed by atoms with Crippen molar-refractivity contribution in [1.82, 2.24) is 19.5 Å². The molecule has 2 atom stereocenters. The van der Waals surface area contributed by atoms with E-state index in [0.29, 0.717) is 24.6 Å². The summed E-state index contributed by atoms with van der Waals surface area (Å²) < 4.78 is 29.8. The lowest BCUT2D eigenvalue weighted by atomic mass is 9.70. The Morgan fingerprint density at radius 3 is 2.75 bits per heavy atom. The lowest BCUT2D eigenvalue weighted by Crippen LogP contribution is -2.45. The summed E-state index contributed by atoms with van der Waals surface area (Å²) in [7, 11) is -3.57. The molecule has 1 aromatic heterocycles. The van der Waals surface area contributed by atoms with Gasteiger partial charge in [-0.15, -0.1) is 10.2 Å². The number of hydrogen-bond acceptors (Lipinski definition) is 5.